The van der Waals surface area contributed by atoms with E-state index in [1.165, 1.54) is 94.8 Å². The Labute approximate surface area is 725 Å². The Bertz CT molecular complexity index is 5890. The summed E-state index contributed by atoms with van der Waals surface area (Å²) in [4.78, 5) is 27.8. The summed E-state index contributed by atoms with van der Waals surface area (Å²) in [6.07, 6.45) is 8.44. The zero-order valence-electron chi connectivity index (χ0n) is 59.9. The molecule has 0 aromatic heterocycles. The Kier molecular flexibility index (Phi) is 30.1. The maximum atomic E-state index is 13.5. The van der Waals surface area contributed by atoms with Crippen molar-refractivity contribution in [1.82, 2.24) is 10.9 Å². The minimum Gasteiger partial charge on any atom is -0.506 e. The molecule has 10 aromatic carbocycles. The Balaban J connectivity index is 0.710. The predicted molar refractivity (Wildman–Crippen MR) is 481 cm³/mol. The average Bonchev–Trinajstić information content (AvgIpc) is 0.785. The molecule has 117 heavy (non-hydrogen) atoms. The number of fused-ring (bicyclic) bond motifs is 2. The summed E-state index contributed by atoms with van der Waals surface area (Å²) in [5.41, 5.74) is 5.90. The Morgan fingerprint density at radius 3 is 1.02 bits per heavy atom. The molecule has 0 aliphatic rings. The van der Waals surface area contributed by atoms with E-state index in [1.54, 1.807) is 36.4 Å². The van der Waals surface area contributed by atoms with E-state index >= 15 is 0 Å². The second-order valence-electron chi connectivity index (χ2n) is 25.1. The number of halogens is 4. The average molecular weight is 2000 g/mol. The Morgan fingerprint density at radius 1 is 0.393 bits per heavy atom. The molecular formula is C76H64Br4N10O19S8. The van der Waals surface area contributed by atoms with Crippen LogP contribution in [0, 0.1) is 0 Å². The van der Waals surface area contributed by atoms with Crippen molar-refractivity contribution in [2.75, 3.05) is 57.4 Å². The van der Waals surface area contributed by atoms with Gasteiger partial charge in [0.05, 0.1) is 31.4 Å². The molecule has 0 bridgehead atoms. The van der Waals surface area contributed by atoms with Crippen molar-refractivity contribution < 1.29 is 86.6 Å². The summed E-state index contributed by atoms with van der Waals surface area (Å²) in [5, 5.41) is 63.9. The number of hydrazone groups is 2. The van der Waals surface area contributed by atoms with E-state index in [9.17, 15) is 81.9 Å². The van der Waals surface area contributed by atoms with Gasteiger partial charge >= 0.3 is 0 Å². The fraction of sp³-hybridized carbons (Fsp3) is 0.105. The van der Waals surface area contributed by atoms with Gasteiger partial charge in [0, 0.05) is 71.3 Å². The van der Waals surface area contributed by atoms with E-state index in [1.807, 2.05) is 48.5 Å². The van der Waals surface area contributed by atoms with Crippen molar-refractivity contribution in [1.29, 1.82) is 0 Å². The van der Waals surface area contributed by atoms with E-state index in [0.717, 1.165) is 58.2 Å². The van der Waals surface area contributed by atoms with Crippen LogP contribution >= 0.6 is 113 Å². The monoisotopic (exact) mass is 1990 g/mol. The van der Waals surface area contributed by atoms with Crippen LogP contribution < -0.4 is 41.9 Å². The number of thiocarbonyl (C=S) groups is 4. The van der Waals surface area contributed by atoms with Gasteiger partial charge in [0.25, 0.3) is 52.3 Å². The maximum absolute atomic E-state index is 13.5. The number of nitrogens with one attached hydrogen (secondary N) is 6. The third-order valence-corrected chi connectivity index (χ3v) is 24.5. The number of phenolic OH excluding ortho intramolecular Hbond substituents is 4. The van der Waals surface area contributed by atoms with Gasteiger partial charge in [0.2, 0.25) is 0 Å². The number of aromatic hydroxyl groups is 4. The first kappa shape index (κ1) is 89.7. The zero-order valence-corrected chi connectivity index (χ0v) is 72.8. The Hall–Kier alpha value is -9.64. The summed E-state index contributed by atoms with van der Waals surface area (Å²) in [5.74, 6) is -2.58. The minimum atomic E-state index is -5.01. The van der Waals surface area contributed by atoms with E-state index < -0.39 is 85.0 Å². The van der Waals surface area contributed by atoms with Gasteiger partial charge in [0.1, 0.15) is 64.6 Å². The van der Waals surface area contributed by atoms with Crippen molar-refractivity contribution in [3.63, 3.8) is 0 Å². The second-order valence-corrected chi connectivity index (χ2v) is 35.7. The summed E-state index contributed by atoms with van der Waals surface area (Å²) < 4.78 is 151. The summed E-state index contributed by atoms with van der Waals surface area (Å²) in [6, 6.07) is 43.4. The van der Waals surface area contributed by atoms with Crippen molar-refractivity contribution >= 4 is 277 Å². The predicted octanol–water partition coefficient (Wildman–Crippen LogP) is 15.7. The first-order valence-electron chi connectivity index (χ1n) is 33.9. The van der Waals surface area contributed by atoms with E-state index in [0.29, 0.717) is 24.2 Å². The maximum Gasteiger partial charge on any atom is 0.295 e. The van der Waals surface area contributed by atoms with Crippen molar-refractivity contribution in [3.8, 4) is 23.0 Å². The number of rotatable bonds is 30. The largest absolute Gasteiger partial charge is 0.506 e. The minimum absolute atomic E-state index is 0.0132. The molecule has 608 valence electrons. The lowest BCUT2D eigenvalue weighted by molar-refractivity contribution is -0.120. The van der Waals surface area contributed by atoms with Crippen LogP contribution in [-0.2, 0) is 54.8 Å². The van der Waals surface area contributed by atoms with Gasteiger partial charge in [-0.1, -0.05) is 134 Å². The van der Waals surface area contributed by atoms with Crippen LogP contribution in [0.3, 0.4) is 0 Å². The topological polar surface area (TPSA) is 445 Å². The number of nitrogens with zero attached hydrogens (tertiary/aromatic N) is 4. The molecule has 10 aromatic rings. The molecule has 14 N–H and O–H groups in total. The van der Waals surface area contributed by atoms with Gasteiger partial charge in [0.15, 0.2) is 10.2 Å². The normalized spacial score (nSPS) is 12.0. The number of ether oxygens (including phenoxy) is 1. The van der Waals surface area contributed by atoms with Crippen LogP contribution in [0.4, 0.5) is 34.1 Å². The number of hydrogen-bond donors (Lipinski definition) is 14. The Morgan fingerprint density at radius 2 is 0.701 bits per heavy atom. The lowest BCUT2D eigenvalue weighted by Gasteiger charge is -2.25. The molecule has 29 nitrogen and oxygen atoms in total. The van der Waals surface area contributed by atoms with Crippen LogP contribution in [0.25, 0.3) is 45.8 Å². The highest BCUT2D eigenvalue weighted by Crippen LogP contribution is 2.42. The van der Waals surface area contributed by atoms with Crippen LogP contribution in [0.1, 0.15) is 59.1 Å². The third kappa shape index (κ3) is 24.3. The molecule has 0 radical (unpaired) electrons. The molecule has 0 heterocycles. The van der Waals surface area contributed by atoms with E-state index in [-0.39, 0.29) is 143 Å². The first-order chi connectivity index (χ1) is 55.3. The third-order valence-electron chi connectivity index (χ3n) is 16.9. The molecule has 0 aliphatic carbocycles. The number of hydrogen-bond acceptors (Lipinski definition) is 21. The lowest BCUT2D eigenvalue weighted by Crippen LogP contribution is -2.41. The molecule has 2 amide bonds. The molecule has 0 unspecified atom stereocenters. The number of anilines is 6. The molecular weight excluding hydrogens is 1930 g/mol. The quantitative estimate of drug-likeness (QED) is 0.00496. The van der Waals surface area contributed by atoms with Crippen molar-refractivity contribution in [2.45, 2.75) is 45.3 Å². The van der Waals surface area contributed by atoms with Crippen LogP contribution in [0.5, 0.6) is 23.0 Å². The van der Waals surface area contributed by atoms with Gasteiger partial charge in [-0.2, -0.15) is 43.9 Å². The fourth-order valence-electron chi connectivity index (χ4n) is 11.2. The zero-order chi connectivity index (χ0) is 84.8. The summed E-state index contributed by atoms with van der Waals surface area (Å²) >= 11 is 35.2. The fourth-order valence-corrected chi connectivity index (χ4v) is 17.5. The van der Waals surface area contributed by atoms with Crippen molar-refractivity contribution in [3.05, 3.63) is 221 Å². The highest BCUT2D eigenvalue weighted by molar-refractivity contribution is 9.11. The molecule has 0 aliphatic heterocycles. The second kappa shape index (κ2) is 39.3. The molecule has 0 atom stereocenters. The summed E-state index contributed by atoms with van der Waals surface area (Å²) in [7, 11) is -19.9. The smallest absolute Gasteiger partial charge is 0.295 e. The molecule has 10 rings (SSSR count). The molecule has 0 saturated carbocycles. The van der Waals surface area contributed by atoms with Gasteiger partial charge in [-0.3, -0.25) is 27.8 Å². The molecule has 41 heteroatoms. The number of phenols is 4. The number of carbonyl (C=O) groups is 2. The number of carbonyl (C=O) groups excluding carboxylic acids is 2. The number of benzene rings is 10. The van der Waals surface area contributed by atoms with Crippen LogP contribution in [0.15, 0.2) is 218 Å². The van der Waals surface area contributed by atoms with Gasteiger partial charge in [-0.25, -0.2) is 10.9 Å². The van der Waals surface area contributed by atoms with E-state index in [2.05, 4.69) is 106 Å². The molecule has 0 fully saturated rings. The van der Waals surface area contributed by atoms with Gasteiger partial charge in [-0.15, -0.1) is 0 Å². The highest BCUT2D eigenvalue weighted by Gasteiger charge is 2.26. The van der Waals surface area contributed by atoms with E-state index in [4.69, 9.17) is 53.6 Å². The van der Waals surface area contributed by atoms with Gasteiger partial charge in [-0.05, 0) is 230 Å². The highest BCUT2D eigenvalue weighted by atomic mass is 79.9. The van der Waals surface area contributed by atoms with Crippen LogP contribution in [0.2, 0.25) is 0 Å². The molecule has 0 spiro atoms. The van der Waals surface area contributed by atoms with Crippen molar-refractivity contribution in [2.24, 2.45) is 10.2 Å². The molecule has 0 saturated heterocycles. The standard InChI is InChI=1S/C76H64Br4N10O19S8/c77-59-33-51(71(93)69(79)73(59)95)39-81-87-65(91)41-89(57-27-21-43-7-1-3-9-49(43)31-57)75(112)85-55-25-19-47(63(37-55)116(103,104)105)15-13-45-17-23-53(35-61(45)114(97,98)99)83-67(110)11-5-29-109-30-6-12-68(111)84-54-24-18-46(62(36-54)115(100,101)102)14-16-48-20-26-56(38-64(48)117(106,107)108)86-76(113)90(58-28-22-44-8-2-4-10-50(44)32-58)42-66(92)88-82-40-52-34-60(78)74(96)70(80)72(52)94/h1-4,7-10,13-28,31-40,93-96H,5-6,11-12,29-30,41-42H2,(H,83,110)(H,84,111)(H,85,112)(H,86,113)(H,87,91)(H,88,92)(H,97,98,99)(H,100,101,102)(H,103,104,105)(H,106,107,108)/b15-13+,16-14+,81-39+,82-40+. The summed E-state index contributed by atoms with van der Waals surface area (Å²) in [6.45, 7) is -0.455. The van der Waals surface area contributed by atoms with Crippen LogP contribution in [-0.4, -0.2) is 143 Å². The first-order valence-corrected chi connectivity index (χ1v) is 44.4. The lowest BCUT2D eigenvalue weighted by atomic mass is 10.1. The van der Waals surface area contributed by atoms with Gasteiger partial charge < -0.3 is 56.2 Å². The number of amides is 2. The SMILES string of the molecule is O=C(CN(C(=S)Nc1ccc(/C=C/c2ccc(NC(=S)CCCOCCCC(=S)Nc3ccc(/C=C/c4ccc(NC(=S)N(CC(=O)N/N=C/c5cc(Br)c(O)c(Br)c5O)c5ccc6ccccc6c5)cc4S(=O)(=O)O)c(S(=O)(=O)O)c3)cc2S(=O)(=O)O)c(S(=O)(=O)O)c1)c1ccc2ccccc2c1)N/N=C/c1cc(Br)c(O)c(Br)c1O.